The molecule has 0 atom stereocenters. The first-order chi connectivity index (χ1) is 7.83. The number of aromatic nitrogens is 2. The van der Waals surface area contributed by atoms with Crippen molar-refractivity contribution in [3.05, 3.63) is 17.2 Å². The molecule has 0 aromatic carbocycles. The fourth-order valence-corrected chi connectivity index (χ4v) is 3.12. The first-order valence-electron chi connectivity index (χ1n) is 6.45. The normalized spacial score (nSPS) is 15.1. The molecule has 0 amide bonds. The third-order valence-corrected chi connectivity index (χ3v) is 4.28. The van der Waals surface area contributed by atoms with Crippen LogP contribution in [-0.4, -0.2) is 21.1 Å². The van der Waals surface area contributed by atoms with Crippen molar-refractivity contribution in [1.29, 1.82) is 0 Å². The summed E-state index contributed by atoms with van der Waals surface area (Å²) in [6.07, 6.45) is 6.41. The fraction of sp³-hybridized carbons (Fsp3) is 0.769. The lowest BCUT2D eigenvalue weighted by molar-refractivity contribution is 0.590. The van der Waals surface area contributed by atoms with Crippen LogP contribution in [0.5, 0.6) is 0 Å². The molecule has 90 valence electrons. The number of rotatable bonds is 5. The number of thioether (sulfide) groups is 1. The van der Waals surface area contributed by atoms with E-state index in [1.165, 1.54) is 67.4 Å². The molecule has 1 aromatic heterocycles. The van der Waals surface area contributed by atoms with E-state index in [4.69, 9.17) is 4.98 Å². The predicted octanol–water partition coefficient (Wildman–Crippen LogP) is 3.21. The molecule has 0 bridgehead atoms. The highest BCUT2D eigenvalue weighted by atomic mass is 32.2. The molecule has 0 saturated carbocycles. The van der Waals surface area contributed by atoms with E-state index in [9.17, 15) is 0 Å². The zero-order valence-electron chi connectivity index (χ0n) is 10.5. The third kappa shape index (κ3) is 2.62. The zero-order valence-corrected chi connectivity index (χ0v) is 11.3. The predicted molar refractivity (Wildman–Crippen MR) is 71.2 cm³/mol. The highest BCUT2D eigenvalue weighted by Crippen LogP contribution is 2.22. The largest absolute Gasteiger partial charge is 0.332 e. The van der Waals surface area contributed by atoms with E-state index in [1.54, 1.807) is 0 Å². The van der Waals surface area contributed by atoms with E-state index in [1.807, 2.05) is 11.8 Å². The van der Waals surface area contributed by atoms with Crippen molar-refractivity contribution in [2.75, 3.05) is 11.5 Å². The Morgan fingerprint density at radius 2 is 2.12 bits per heavy atom. The quantitative estimate of drug-likeness (QED) is 0.733. The van der Waals surface area contributed by atoms with E-state index in [-0.39, 0.29) is 0 Å². The minimum absolute atomic E-state index is 1.17. The second-order valence-electron chi connectivity index (χ2n) is 4.46. The minimum atomic E-state index is 1.17. The summed E-state index contributed by atoms with van der Waals surface area (Å²) in [6, 6.07) is 0. The van der Waals surface area contributed by atoms with Crippen LogP contribution in [0.3, 0.4) is 0 Å². The molecule has 0 aliphatic heterocycles. The van der Waals surface area contributed by atoms with Gasteiger partial charge in [0.15, 0.2) is 0 Å². The van der Waals surface area contributed by atoms with Gasteiger partial charge in [-0.15, -0.1) is 0 Å². The molecule has 3 heteroatoms. The molecule has 1 aliphatic carbocycles. The van der Waals surface area contributed by atoms with Gasteiger partial charge >= 0.3 is 0 Å². The second-order valence-corrected chi connectivity index (χ2v) is 5.86. The van der Waals surface area contributed by atoms with Gasteiger partial charge in [-0.05, 0) is 50.5 Å². The lowest BCUT2D eigenvalue weighted by atomic mass is 10.0. The van der Waals surface area contributed by atoms with E-state index in [0.717, 1.165) is 0 Å². The van der Waals surface area contributed by atoms with E-state index in [2.05, 4.69) is 18.4 Å². The van der Waals surface area contributed by atoms with Crippen LogP contribution in [0.4, 0.5) is 0 Å². The SMILES string of the molecule is CCSCCCn1c(C)nc2c1CCCC2. The van der Waals surface area contributed by atoms with Crippen LogP contribution in [0.1, 0.15) is 43.4 Å². The Balaban J connectivity index is 1.99. The van der Waals surface area contributed by atoms with E-state index in [0.29, 0.717) is 0 Å². The summed E-state index contributed by atoms with van der Waals surface area (Å²) in [6.45, 7) is 5.56. The second kappa shape index (κ2) is 5.76. The molecular formula is C13H22N2S. The highest BCUT2D eigenvalue weighted by molar-refractivity contribution is 7.99. The van der Waals surface area contributed by atoms with Gasteiger partial charge < -0.3 is 4.57 Å². The van der Waals surface area contributed by atoms with Crippen molar-refractivity contribution in [3.8, 4) is 0 Å². The lowest BCUT2D eigenvalue weighted by Gasteiger charge is -2.14. The van der Waals surface area contributed by atoms with Gasteiger partial charge in [-0.3, -0.25) is 0 Å². The average molecular weight is 238 g/mol. The molecule has 0 fully saturated rings. The first-order valence-corrected chi connectivity index (χ1v) is 7.61. The van der Waals surface area contributed by atoms with Crippen molar-refractivity contribution in [3.63, 3.8) is 0 Å². The van der Waals surface area contributed by atoms with E-state index < -0.39 is 0 Å². The Bertz CT molecular complexity index is 344. The summed E-state index contributed by atoms with van der Waals surface area (Å²) >= 11 is 2.04. The fourth-order valence-electron chi connectivity index (χ4n) is 2.50. The number of imidazole rings is 1. The molecule has 2 rings (SSSR count). The van der Waals surface area contributed by atoms with Gasteiger partial charge in [0.25, 0.3) is 0 Å². The van der Waals surface area contributed by atoms with Gasteiger partial charge in [0.1, 0.15) is 5.82 Å². The first kappa shape index (κ1) is 12.0. The van der Waals surface area contributed by atoms with Crippen molar-refractivity contribution in [2.45, 2.75) is 52.5 Å². The Morgan fingerprint density at radius 3 is 2.94 bits per heavy atom. The van der Waals surface area contributed by atoms with Crippen LogP contribution in [-0.2, 0) is 19.4 Å². The maximum Gasteiger partial charge on any atom is 0.106 e. The summed E-state index contributed by atoms with van der Waals surface area (Å²) in [4.78, 5) is 4.71. The van der Waals surface area contributed by atoms with Crippen molar-refractivity contribution in [2.24, 2.45) is 0 Å². The summed E-state index contributed by atoms with van der Waals surface area (Å²) in [5.74, 6) is 3.75. The smallest absolute Gasteiger partial charge is 0.106 e. The van der Waals surface area contributed by atoms with Gasteiger partial charge in [-0.2, -0.15) is 11.8 Å². The summed E-state index contributed by atoms with van der Waals surface area (Å²) in [5.41, 5.74) is 2.91. The summed E-state index contributed by atoms with van der Waals surface area (Å²) in [7, 11) is 0. The van der Waals surface area contributed by atoms with Crippen LogP contribution < -0.4 is 0 Å². The molecule has 0 radical (unpaired) electrons. The van der Waals surface area contributed by atoms with Gasteiger partial charge in [0.2, 0.25) is 0 Å². The molecule has 16 heavy (non-hydrogen) atoms. The molecule has 1 heterocycles. The third-order valence-electron chi connectivity index (χ3n) is 3.30. The lowest BCUT2D eigenvalue weighted by Crippen LogP contribution is -2.10. The standard InChI is InChI=1S/C13H22N2S/c1-3-16-10-6-9-15-11(2)14-12-7-4-5-8-13(12)15/h3-10H2,1-2H3. The molecule has 1 aliphatic rings. The topological polar surface area (TPSA) is 17.8 Å². The minimum Gasteiger partial charge on any atom is -0.332 e. The molecule has 0 spiro atoms. The molecule has 0 N–H and O–H groups in total. The Morgan fingerprint density at radius 1 is 1.31 bits per heavy atom. The van der Waals surface area contributed by atoms with Gasteiger partial charge in [0, 0.05) is 12.2 Å². The number of aryl methyl sites for hydroxylation is 2. The molecule has 0 unspecified atom stereocenters. The van der Waals surface area contributed by atoms with Crippen LogP contribution >= 0.6 is 11.8 Å². The summed E-state index contributed by atoms with van der Waals surface area (Å²) in [5, 5.41) is 0. The van der Waals surface area contributed by atoms with Crippen molar-refractivity contribution in [1.82, 2.24) is 9.55 Å². The van der Waals surface area contributed by atoms with Gasteiger partial charge in [-0.1, -0.05) is 6.92 Å². The molecule has 1 aromatic rings. The van der Waals surface area contributed by atoms with Gasteiger partial charge in [-0.25, -0.2) is 4.98 Å². The maximum atomic E-state index is 4.71. The molecule has 0 saturated heterocycles. The number of fused-ring (bicyclic) bond motifs is 1. The zero-order chi connectivity index (χ0) is 11.4. The van der Waals surface area contributed by atoms with Gasteiger partial charge in [0.05, 0.1) is 5.69 Å². The summed E-state index contributed by atoms with van der Waals surface area (Å²) < 4.78 is 2.46. The van der Waals surface area contributed by atoms with Crippen molar-refractivity contribution >= 4 is 11.8 Å². The molecule has 2 nitrogen and oxygen atoms in total. The highest BCUT2D eigenvalue weighted by Gasteiger charge is 2.17. The van der Waals surface area contributed by atoms with Crippen LogP contribution in [0.2, 0.25) is 0 Å². The molecular weight excluding hydrogens is 216 g/mol. The van der Waals surface area contributed by atoms with Crippen LogP contribution in [0.15, 0.2) is 0 Å². The number of nitrogens with zero attached hydrogens (tertiary/aromatic N) is 2. The van der Waals surface area contributed by atoms with Crippen LogP contribution in [0, 0.1) is 6.92 Å². The Hall–Kier alpha value is -0.440. The van der Waals surface area contributed by atoms with Crippen molar-refractivity contribution < 1.29 is 0 Å². The maximum absolute atomic E-state index is 4.71. The number of hydrogen-bond acceptors (Lipinski definition) is 2. The van der Waals surface area contributed by atoms with Crippen LogP contribution in [0.25, 0.3) is 0 Å². The Labute approximate surface area is 103 Å². The monoisotopic (exact) mass is 238 g/mol. The number of hydrogen-bond donors (Lipinski definition) is 0. The average Bonchev–Trinajstić information content (AvgIpc) is 2.61. The Kier molecular flexibility index (Phi) is 4.33. The van der Waals surface area contributed by atoms with E-state index >= 15 is 0 Å².